The fourth-order valence-corrected chi connectivity index (χ4v) is 2.59. The van der Waals surface area contributed by atoms with Crippen molar-refractivity contribution in [3.8, 4) is 0 Å². The molecule has 2 rings (SSSR count). The van der Waals surface area contributed by atoms with Crippen molar-refractivity contribution in [1.29, 1.82) is 0 Å². The molecular formula is C11H11ClO2S. The molecule has 1 atom stereocenters. The van der Waals surface area contributed by atoms with E-state index >= 15 is 0 Å². The van der Waals surface area contributed by atoms with E-state index in [1.807, 2.05) is 24.3 Å². The molecule has 1 aliphatic rings. The number of halogens is 1. The number of ether oxygens (including phenoxy) is 1. The maximum absolute atomic E-state index is 11.2. The summed E-state index contributed by atoms with van der Waals surface area (Å²) in [6.45, 7) is 0.567. The van der Waals surface area contributed by atoms with Crippen LogP contribution in [0.15, 0.2) is 24.3 Å². The molecule has 4 heteroatoms. The number of cyclic esters (lactones) is 1. The first-order chi connectivity index (χ1) is 7.25. The van der Waals surface area contributed by atoms with E-state index in [2.05, 4.69) is 0 Å². The van der Waals surface area contributed by atoms with Crippen molar-refractivity contribution in [2.45, 2.75) is 17.4 Å². The Labute approximate surface area is 98.0 Å². The van der Waals surface area contributed by atoms with Gasteiger partial charge in [0.1, 0.15) is 5.25 Å². The van der Waals surface area contributed by atoms with Crippen molar-refractivity contribution in [1.82, 2.24) is 0 Å². The first kappa shape index (κ1) is 10.8. The number of carbonyl (C=O) groups excluding carboxylic acids is 1. The van der Waals surface area contributed by atoms with Crippen molar-refractivity contribution in [3.63, 3.8) is 0 Å². The molecule has 0 N–H and O–H groups in total. The van der Waals surface area contributed by atoms with Crippen molar-refractivity contribution >= 4 is 29.3 Å². The highest BCUT2D eigenvalue weighted by molar-refractivity contribution is 7.99. The van der Waals surface area contributed by atoms with Gasteiger partial charge in [0.25, 0.3) is 0 Å². The fourth-order valence-electron chi connectivity index (χ4n) is 1.41. The van der Waals surface area contributed by atoms with Crippen LogP contribution in [0.5, 0.6) is 0 Å². The Hall–Kier alpha value is -0.670. The van der Waals surface area contributed by atoms with E-state index in [1.54, 1.807) is 11.8 Å². The highest BCUT2D eigenvalue weighted by Gasteiger charge is 2.26. The minimum absolute atomic E-state index is 0.0145. The number of esters is 1. The largest absolute Gasteiger partial charge is 0.465 e. The van der Waals surface area contributed by atoms with Crippen LogP contribution in [-0.4, -0.2) is 17.8 Å². The summed E-state index contributed by atoms with van der Waals surface area (Å²) < 4.78 is 4.89. The Bertz CT molecular complexity index is 350. The van der Waals surface area contributed by atoms with Crippen LogP contribution in [0.4, 0.5) is 0 Å². The topological polar surface area (TPSA) is 26.3 Å². The molecule has 1 saturated heterocycles. The van der Waals surface area contributed by atoms with Crippen molar-refractivity contribution in [2.75, 3.05) is 6.61 Å². The van der Waals surface area contributed by atoms with Gasteiger partial charge in [-0.2, -0.15) is 0 Å². The standard InChI is InChI=1S/C11H11ClO2S/c12-9-3-1-8(2-4-9)7-15-10-5-6-14-11(10)13/h1-4,10H,5-7H2. The maximum atomic E-state index is 11.2. The summed E-state index contributed by atoms with van der Waals surface area (Å²) in [6.07, 6.45) is 0.830. The third kappa shape index (κ3) is 2.89. The second-order valence-electron chi connectivity index (χ2n) is 3.38. The van der Waals surface area contributed by atoms with Crippen LogP contribution in [0, 0.1) is 0 Å². The molecule has 0 amide bonds. The Balaban J connectivity index is 1.87. The van der Waals surface area contributed by atoms with Crippen molar-refractivity contribution in [3.05, 3.63) is 34.9 Å². The highest BCUT2D eigenvalue weighted by atomic mass is 35.5. The molecule has 1 fully saturated rings. The Morgan fingerprint density at radius 3 is 2.73 bits per heavy atom. The van der Waals surface area contributed by atoms with Gasteiger partial charge in [0.15, 0.2) is 0 Å². The molecule has 0 aliphatic carbocycles. The van der Waals surface area contributed by atoms with Gasteiger partial charge in [-0.25, -0.2) is 0 Å². The lowest BCUT2D eigenvalue weighted by molar-refractivity contribution is -0.137. The molecule has 1 unspecified atom stereocenters. The van der Waals surface area contributed by atoms with Crippen LogP contribution < -0.4 is 0 Å². The Morgan fingerprint density at radius 2 is 2.13 bits per heavy atom. The summed E-state index contributed by atoms with van der Waals surface area (Å²) in [5, 5.41) is 0.754. The molecule has 0 saturated carbocycles. The average molecular weight is 243 g/mol. The van der Waals surface area contributed by atoms with E-state index in [1.165, 1.54) is 5.56 Å². The van der Waals surface area contributed by atoms with Gasteiger partial charge >= 0.3 is 5.97 Å². The summed E-state index contributed by atoms with van der Waals surface area (Å²) in [6, 6.07) is 7.69. The predicted molar refractivity (Wildman–Crippen MR) is 62.1 cm³/mol. The number of rotatable bonds is 3. The van der Waals surface area contributed by atoms with Gasteiger partial charge in [0.2, 0.25) is 0 Å². The van der Waals surface area contributed by atoms with Gasteiger partial charge in [0, 0.05) is 17.2 Å². The van der Waals surface area contributed by atoms with Gasteiger partial charge in [-0.15, -0.1) is 11.8 Å². The zero-order chi connectivity index (χ0) is 10.7. The van der Waals surface area contributed by atoms with E-state index < -0.39 is 0 Å². The third-order valence-electron chi connectivity index (χ3n) is 2.25. The predicted octanol–water partition coefficient (Wildman–Crippen LogP) is 2.89. The van der Waals surface area contributed by atoms with E-state index in [0.29, 0.717) is 6.61 Å². The van der Waals surface area contributed by atoms with Crippen LogP contribution >= 0.6 is 23.4 Å². The van der Waals surface area contributed by atoms with Gasteiger partial charge < -0.3 is 4.74 Å². The quantitative estimate of drug-likeness (QED) is 0.763. The van der Waals surface area contributed by atoms with Crippen LogP contribution in [0.25, 0.3) is 0 Å². The Kier molecular flexibility index (Phi) is 3.54. The third-order valence-corrected chi connectivity index (χ3v) is 3.83. The van der Waals surface area contributed by atoms with Crippen molar-refractivity contribution in [2.24, 2.45) is 0 Å². The SMILES string of the molecule is O=C1OCCC1SCc1ccc(Cl)cc1. The summed E-state index contributed by atoms with van der Waals surface area (Å²) in [7, 11) is 0. The monoisotopic (exact) mass is 242 g/mol. The van der Waals surface area contributed by atoms with Gasteiger partial charge in [-0.3, -0.25) is 4.79 Å². The fraction of sp³-hybridized carbons (Fsp3) is 0.364. The van der Waals surface area contributed by atoms with Gasteiger partial charge in [0.05, 0.1) is 6.61 Å². The molecule has 1 aliphatic heterocycles. The number of hydrogen-bond acceptors (Lipinski definition) is 3. The normalized spacial score (nSPS) is 20.3. The van der Waals surface area contributed by atoms with Crippen LogP contribution in [0.2, 0.25) is 5.02 Å². The lowest BCUT2D eigenvalue weighted by atomic mass is 10.2. The molecule has 15 heavy (non-hydrogen) atoms. The van der Waals surface area contributed by atoms with Crippen LogP contribution in [-0.2, 0) is 15.3 Å². The van der Waals surface area contributed by atoms with E-state index in [-0.39, 0.29) is 11.2 Å². The molecule has 0 aromatic heterocycles. The highest BCUT2D eigenvalue weighted by Crippen LogP contribution is 2.25. The van der Waals surface area contributed by atoms with Gasteiger partial charge in [-0.05, 0) is 17.7 Å². The van der Waals surface area contributed by atoms with E-state index in [9.17, 15) is 4.79 Å². The van der Waals surface area contributed by atoms with Crippen molar-refractivity contribution < 1.29 is 9.53 Å². The average Bonchev–Trinajstić information content (AvgIpc) is 2.63. The van der Waals surface area contributed by atoms with Gasteiger partial charge in [-0.1, -0.05) is 23.7 Å². The number of hydrogen-bond donors (Lipinski definition) is 0. The minimum atomic E-state index is -0.0750. The lowest BCUT2D eigenvalue weighted by Crippen LogP contribution is -2.09. The van der Waals surface area contributed by atoms with E-state index in [4.69, 9.17) is 16.3 Å². The van der Waals surface area contributed by atoms with E-state index in [0.717, 1.165) is 17.2 Å². The minimum Gasteiger partial charge on any atom is -0.465 e. The zero-order valence-corrected chi connectivity index (χ0v) is 9.68. The molecule has 0 bridgehead atoms. The lowest BCUT2D eigenvalue weighted by Gasteiger charge is -2.05. The second-order valence-corrected chi connectivity index (χ2v) is 5.01. The molecule has 1 aromatic rings. The first-order valence-corrected chi connectivity index (χ1v) is 6.21. The molecule has 0 radical (unpaired) electrons. The summed E-state index contributed by atoms with van der Waals surface area (Å²) >= 11 is 7.41. The molecule has 80 valence electrons. The molecule has 1 aromatic carbocycles. The Morgan fingerprint density at radius 1 is 1.40 bits per heavy atom. The molecule has 2 nitrogen and oxygen atoms in total. The van der Waals surface area contributed by atoms with Crippen LogP contribution in [0.3, 0.4) is 0 Å². The first-order valence-electron chi connectivity index (χ1n) is 4.78. The summed E-state index contributed by atoms with van der Waals surface area (Å²) in [5.74, 6) is 0.755. The molecular weight excluding hydrogens is 232 g/mol. The smallest absolute Gasteiger partial charge is 0.319 e. The molecule has 1 heterocycles. The summed E-state index contributed by atoms with van der Waals surface area (Å²) in [4.78, 5) is 11.2. The number of benzene rings is 1. The maximum Gasteiger partial charge on any atom is 0.319 e. The molecule has 0 spiro atoms. The zero-order valence-electron chi connectivity index (χ0n) is 8.11. The second kappa shape index (κ2) is 4.90. The number of thioether (sulfide) groups is 1. The number of carbonyl (C=O) groups is 1. The van der Waals surface area contributed by atoms with Crippen LogP contribution in [0.1, 0.15) is 12.0 Å². The summed E-state index contributed by atoms with van der Waals surface area (Å²) in [5.41, 5.74) is 1.18.